The molecule has 0 spiro atoms. The Morgan fingerprint density at radius 3 is 2.49 bits per heavy atom. The van der Waals surface area contributed by atoms with Crippen molar-refractivity contribution in [1.29, 1.82) is 0 Å². The Balaban J connectivity index is 1.35. The molecule has 178 valence electrons. The zero-order valence-corrected chi connectivity index (χ0v) is 20.5. The number of rotatable bonds is 5. The molecule has 35 heavy (non-hydrogen) atoms. The molecule has 2 aromatic heterocycles. The predicted molar refractivity (Wildman–Crippen MR) is 138 cm³/mol. The fourth-order valence-electron chi connectivity index (χ4n) is 4.40. The molecule has 1 aliphatic heterocycles. The number of pyridine rings is 1. The van der Waals surface area contributed by atoms with Gasteiger partial charge in [0, 0.05) is 35.3 Å². The van der Waals surface area contributed by atoms with E-state index in [0.717, 1.165) is 33.6 Å². The fraction of sp³-hybridized carbons (Fsp3) is 0.259. The molecule has 4 aromatic rings. The highest BCUT2D eigenvalue weighted by Crippen LogP contribution is 2.29. The first-order valence-electron chi connectivity index (χ1n) is 11.6. The Kier molecular flexibility index (Phi) is 6.46. The molecular weight excluding hydrogens is 460 g/mol. The molecule has 0 atom stereocenters. The van der Waals surface area contributed by atoms with E-state index in [1.165, 1.54) is 11.3 Å². The highest BCUT2D eigenvalue weighted by molar-refractivity contribution is 7.13. The smallest absolute Gasteiger partial charge is 0.254 e. The number of hydrogen-bond acceptors (Lipinski definition) is 6. The maximum Gasteiger partial charge on any atom is 0.254 e. The summed E-state index contributed by atoms with van der Waals surface area (Å²) >= 11 is 1.43. The van der Waals surface area contributed by atoms with Gasteiger partial charge in [-0.25, -0.2) is 9.97 Å². The minimum Gasteiger partial charge on any atom is -0.497 e. The summed E-state index contributed by atoms with van der Waals surface area (Å²) in [5.74, 6) is 0.574. The van der Waals surface area contributed by atoms with Crippen LogP contribution >= 0.6 is 11.3 Å². The van der Waals surface area contributed by atoms with Crippen LogP contribution in [0.15, 0.2) is 60.0 Å². The summed E-state index contributed by atoms with van der Waals surface area (Å²) in [6, 6.07) is 17.2. The molecule has 1 saturated heterocycles. The summed E-state index contributed by atoms with van der Waals surface area (Å²) in [6.07, 6.45) is 1.24. The van der Waals surface area contributed by atoms with E-state index >= 15 is 0 Å². The lowest BCUT2D eigenvalue weighted by Crippen LogP contribution is -2.41. The first kappa shape index (κ1) is 23.0. The van der Waals surface area contributed by atoms with Gasteiger partial charge in [-0.2, -0.15) is 0 Å². The number of nitrogens with zero attached hydrogens (tertiary/aromatic N) is 3. The fourth-order valence-corrected chi connectivity index (χ4v) is 5.09. The van der Waals surface area contributed by atoms with E-state index < -0.39 is 0 Å². The number of carbonyl (C=O) groups excluding carboxylic acids is 2. The van der Waals surface area contributed by atoms with Crippen LogP contribution in [0.5, 0.6) is 5.75 Å². The number of likely N-dealkylation sites (tertiary alicyclic amines) is 1. The molecule has 0 saturated carbocycles. The number of aromatic nitrogens is 2. The Morgan fingerprint density at radius 2 is 1.80 bits per heavy atom. The summed E-state index contributed by atoms with van der Waals surface area (Å²) in [7, 11) is 1.63. The van der Waals surface area contributed by atoms with Gasteiger partial charge in [-0.3, -0.25) is 9.59 Å². The third kappa shape index (κ3) is 4.88. The number of aryl methyl sites for hydroxylation is 1. The topological polar surface area (TPSA) is 84.4 Å². The Morgan fingerprint density at radius 1 is 1.06 bits per heavy atom. The molecule has 1 fully saturated rings. The number of fused-ring (bicyclic) bond motifs is 1. The van der Waals surface area contributed by atoms with Gasteiger partial charge in [-0.1, -0.05) is 18.2 Å². The van der Waals surface area contributed by atoms with Crippen LogP contribution in [-0.2, 0) is 4.79 Å². The monoisotopic (exact) mass is 486 g/mol. The largest absolute Gasteiger partial charge is 0.497 e. The van der Waals surface area contributed by atoms with Crippen molar-refractivity contribution in [1.82, 2.24) is 14.9 Å². The van der Waals surface area contributed by atoms with Gasteiger partial charge < -0.3 is 15.0 Å². The second-order valence-electron chi connectivity index (χ2n) is 8.65. The van der Waals surface area contributed by atoms with Gasteiger partial charge in [0.1, 0.15) is 5.75 Å². The number of para-hydroxylation sites is 1. The lowest BCUT2D eigenvalue weighted by molar-refractivity contribution is -0.121. The molecule has 5 rings (SSSR count). The van der Waals surface area contributed by atoms with E-state index in [0.29, 0.717) is 36.6 Å². The zero-order valence-electron chi connectivity index (χ0n) is 19.7. The van der Waals surface area contributed by atoms with Gasteiger partial charge >= 0.3 is 0 Å². The second-order valence-corrected chi connectivity index (χ2v) is 9.51. The van der Waals surface area contributed by atoms with Crippen LogP contribution in [0.25, 0.3) is 22.2 Å². The van der Waals surface area contributed by atoms with E-state index in [9.17, 15) is 9.59 Å². The first-order chi connectivity index (χ1) is 17.0. The Labute approximate surface area is 207 Å². The SMILES string of the molecule is COc1ccc(-c2cc(C(=O)N3CCC(C(=O)Nc4nc(C)cs4)CC3)c3ccccc3n2)cc1. The molecule has 8 heteroatoms. The van der Waals surface area contributed by atoms with Crippen molar-refractivity contribution in [3.63, 3.8) is 0 Å². The number of anilines is 1. The number of methoxy groups -OCH3 is 1. The summed E-state index contributed by atoms with van der Waals surface area (Å²) < 4.78 is 5.26. The highest BCUT2D eigenvalue weighted by Gasteiger charge is 2.29. The van der Waals surface area contributed by atoms with Gasteiger partial charge in [-0.15, -0.1) is 11.3 Å². The zero-order chi connectivity index (χ0) is 24.4. The van der Waals surface area contributed by atoms with E-state index in [2.05, 4.69) is 10.3 Å². The molecule has 3 heterocycles. The van der Waals surface area contributed by atoms with E-state index in [4.69, 9.17) is 9.72 Å². The molecule has 7 nitrogen and oxygen atoms in total. The summed E-state index contributed by atoms with van der Waals surface area (Å²) in [6.45, 7) is 2.96. The Bertz CT molecular complexity index is 1370. The van der Waals surface area contributed by atoms with Gasteiger partial charge in [-0.05, 0) is 56.2 Å². The van der Waals surface area contributed by atoms with Crippen molar-refractivity contribution in [2.45, 2.75) is 19.8 Å². The number of benzene rings is 2. The van der Waals surface area contributed by atoms with Crippen LogP contribution in [0.2, 0.25) is 0 Å². The molecule has 2 aromatic carbocycles. The second kappa shape index (κ2) is 9.84. The molecule has 0 aliphatic carbocycles. The standard InChI is InChI=1S/C27H26N4O3S/c1-17-16-35-27(28-17)30-25(32)19-11-13-31(14-12-19)26(33)22-15-24(18-7-9-20(34-2)10-8-18)29-23-6-4-3-5-21(22)23/h3-10,15-16,19H,11-14H2,1-2H3,(H,28,30,32). The van der Waals surface area contributed by atoms with E-state index in [1.54, 1.807) is 7.11 Å². The maximum atomic E-state index is 13.6. The van der Waals surface area contributed by atoms with Crippen LogP contribution in [-0.4, -0.2) is 46.9 Å². The third-order valence-corrected chi connectivity index (χ3v) is 7.21. The van der Waals surface area contributed by atoms with E-state index in [-0.39, 0.29) is 17.7 Å². The van der Waals surface area contributed by atoms with Crippen molar-refractivity contribution in [3.8, 4) is 17.0 Å². The summed E-state index contributed by atoms with van der Waals surface area (Å²) in [4.78, 5) is 37.3. The summed E-state index contributed by atoms with van der Waals surface area (Å²) in [5, 5.41) is 6.28. The van der Waals surface area contributed by atoms with Gasteiger partial charge in [0.25, 0.3) is 5.91 Å². The molecule has 2 amide bonds. The quantitative estimate of drug-likeness (QED) is 0.421. The number of carbonyl (C=O) groups is 2. The number of thiazole rings is 1. The van der Waals surface area contributed by atoms with Gasteiger partial charge in [0.2, 0.25) is 5.91 Å². The highest BCUT2D eigenvalue weighted by atomic mass is 32.1. The predicted octanol–water partition coefficient (Wildman–Crippen LogP) is 5.17. The third-order valence-electron chi connectivity index (χ3n) is 6.33. The van der Waals surface area contributed by atoms with Crippen LogP contribution < -0.4 is 10.1 Å². The van der Waals surface area contributed by atoms with Crippen molar-refractivity contribution in [2.75, 3.05) is 25.5 Å². The minimum atomic E-state index is -0.132. The summed E-state index contributed by atoms with van der Waals surface area (Å²) in [5.41, 5.74) is 3.95. The molecule has 0 bridgehead atoms. The maximum absolute atomic E-state index is 13.6. The van der Waals surface area contributed by atoms with Crippen molar-refractivity contribution in [3.05, 3.63) is 71.2 Å². The van der Waals surface area contributed by atoms with Crippen LogP contribution in [0.1, 0.15) is 28.9 Å². The molecular formula is C27H26N4O3S. The molecule has 1 aliphatic rings. The minimum absolute atomic E-state index is 0.0254. The molecule has 1 N–H and O–H groups in total. The van der Waals surface area contributed by atoms with Crippen molar-refractivity contribution in [2.24, 2.45) is 5.92 Å². The number of nitrogens with one attached hydrogen (secondary N) is 1. The Hall–Kier alpha value is -3.78. The number of hydrogen-bond donors (Lipinski definition) is 1. The van der Waals surface area contributed by atoms with Gasteiger partial charge in [0.05, 0.1) is 29.6 Å². The number of ether oxygens (including phenoxy) is 1. The van der Waals surface area contributed by atoms with Crippen LogP contribution in [0.4, 0.5) is 5.13 Å². The lowest BCUT2D eigenvalue weighted by Gasteiger charge is -2.31. The average molecular weight is 487 g/mol. The van der Waals surface area contributed by atoms with Crippen molar-refractivity contribution >= 4 is 39.2 Å². The molecule has 0 unspecified atom stereocenters. The number of amides is 2. The molecule has 0 radical (unpaired) electrons. The van der Waals surface area contributed by atoms with Crippen molar-refractivity contribution < 1.29 is 14.3 Å². The van der Waals surface area contributed by atoms with Crippen LogP contribution in [0, 0.1) is 12.8 Å². The lowest BCUT2D eigenvalue weighted by atomic mass is 9.95. The van der Waals surface area contributed by atoms with Crippen LogP contribution in [0.3, 0.4) is 0 Å². The average Bonchev–Trinajstić information content (AvgIpc) is 3.32. The van der Waals surface area contributed by atoms with Gasteiger partial charge in [0.15, 0.2) is 5.13 Å². The number of piperidine rings is 1. The first-order valence-corrected chi connectivity index (χ1v) is 12.5. The normalized spacial score (nSPS) is 14.2. The van der Waals surface area contributed by atoms with E-state index in [1.807, 2.05) is 71.8 Å².